The molecule has 3 rings (SSSR count). The normalized spacial score (nSPS) is 11.1. The van der Waals surface area contributed by atoms with E-state index >= 15 is 0 Å². The minimum absolute atomic E-state index is 0.207. The maximum Gasteiger partial charge on any atom is 0.333 e. The second-order valence-electron chi connectivity index (χ2n) is 4.64. The number of carbonyl (C=O) groups is 1. The van der Waals surface area contributed by atoms with E-state index in [1.54, 1.807) is 12.1 Å². The maximum atomic E-state index is 12.3. The van der Waals surface area contributed by atoms with Gasteiger partial charge in [0.25, 0.3) is 0 Å². The molecule has 0 aliphatic carbocycles. The predicted molar refractivity (Wildman–Crippen MR) is 80.4 cm³/mol. The number of fused-ring (bicyclic) bond motifs is 1. The third kappa shape index (κ3) is 2.04. The van der Waals surface area contributed by atoms with E-state index < -0.39 is 5.69 Å². The van der Waals surface area contributed by atoms with Gasteiger partial charge in [-0.1, -0.05) is 6.07 Å². The van der Waals surface area contributed by atoms with Crippen LogP contribution in [0.25, 0.3) is 11.0 Å². The number of rotatable bonds is 2. The van der Waals surface area contributed by atoms with Gasteiger partial charge in [0.2, 0.25) is 5.91 Å². The highest BCUT2D eigenvalue weighted by molar-refractivity contribution is 7.10. The molecule has 0 aliphatic heterocycles. The summed E-state index contributed by atoms with van der Waals surface area (Å²) in [6.07, 6.45) is 0.207. The summed E-state index contributed by atoms with van der Waals surface area (Å²) in [7, 11) is 0. The van der Waals surface area contributed by atoms with Crippen molar-refractivity contribution >= 4 is 34.0 Å². The number of nitrogens with one attached hydrogen (secondary N) is 1. The Morgan fingerprint density at radius 3 is 2.95 bits per heavy atom. The van der Waals surface area contributed by atoms with Gasteiger partial charge in [0, 0.05) is 10.6 Å². The highest BCUT2D eigenvalue weighted by atomic mass is 32.1. The number of aromatic nitrogens is 2. The van der Waals surface area contributed by atoms with E-state index in [4.69, 9.17) is 5.73 Å². The second kappa shape index (κ2) is 4.64. The van der Waals surface area contributed by atoms with Gasteiger partial charge in [-0.15, -0.1) is 11.3 Å². The molecule has 2 aromatic heterocycles. The van der Waals surface area contributed by atoms with Crippen LogP contribution in [0.3, 0.4) is 0 Å². The largest absolute Gasteiger partial charge is 0.398 e. The summed E-state index contributed by atoms with van der Waals surface area (Å²) in [4.78, 5) is 27.9. The van der Waals surface area contributed by atoms with Crippen LogP contribution in [0.2, 0.25) is 0 Å². The lowest BCUT2D eigenvalue weighted by molar-refractivity contribution is 0.0916. The van der Waals surface area contributed by atoms with Crippen LogP contribution in [0, 0.1) is 6.92 Å². The minimum atomic E-state index is -0.424. The lowest BCUT2D eigenvalue weighted by Crippen LogP contribution is -2.25. The van der Waals surface area contributed by atoms with Gasteiger partial charge in [-0.05, 0) is 36.1 Å². The Hall–Kier alpha value is -2.34. The zero-order valence-electron chi connectivity index (χ0n) is 10.8. The van der Waals surface area contributed by atoms with Crippen molar-refractivity contribution in [1.82, 2.24) is 9.55 Å². The number of nitrogens with zero attached hydrogens (tertiary/aromatic N) is 1. The molecule has 0 saturated heterocycles. The second-order valence-corrected chi connectivity index (χ2v) is 5.67. The molecule has 102 valence electrons. The van der Waals surface area contributed by atoms with Gasteiger partial charge in [0.15, 0.2) is 0 Å². The molecule has 0 atom stereocenters. The van der Waals surface area contributed by atoms with Crippen molar-refractivity contribution in [2.24, 2.45) is 0 Å². The molecule has 0 unspecified atom stereocenters. The first-order valence-electron chi connectivity index (χ1n) is 6.12. The number of imidazole rings is 1. The number of hydrogen-bond acceptors (Lipinski definition) is 4. The van der Waals surface area contributed by atoms with Crippen LogP contribution in [0.1, 0.15) is 15.2 Å². The number of hydrogen-bond donors (Lipinski definition) is 2. The van der Waals surface area contributed by atoms with Crippen LogP contribution in [0.4, 0.5) is 5.69 Å². The topological polar surface area (TPSA) is 80.9 Å². The molecule has 0 radical (unpaired) electrons. The Morgan fingerprint density at radius 1 is 1.45 bits per heavy atom. The van der Waals surface area contributed by atoms with Crippen molar-refractivity contribution in [1.29, 1.82) is 0 Å². The zero-order valence-corrected chi connectivity index (χ0v) is 11.7. The number of aromatic amines is 1. The Bertz CT molecular complexity index is 843. The number of H-pyrrole nitrogens is 1. The first-order valence-corrected chi connectivity index (χ1v) is 7.00. The van der Waals surface area contributed by atoms with Crippen molar-refractivity contribution in [3.8, 4) is 0 Å². The van der Waals surface area contributed by atoms with Gasteiger partial charge < -0.3 is 10.7 Å². The van der Waals surface area contributed by atoms with Crippen LogP contribution in [0.5, 0.6) is 0 Å². The molecule has 0 aliphatic rings. The maximum absolute atomic E-state index is 12.3. The summed E-state index contributed by atoms with van der Waals surface area (Å²) < 4.78 is 1.16. The van der Waals surface area contributed by atoms with Crippen molar-refractivity contribution in [2.45, 2.75) is 13.3 Å². The number of thiophene rings is 1. The van der Waals surface area contributed by atoms with Crippen molar-refractivity contribution in [2.75, 3.05) is 5.73 Å². The molecule has 0 bridgehead atoms. The van der Waals surface area contributed by atoms with Crippen molar-refractivity contribution in [3.63, 3.8) is 0 Å². The van der Waals surface area contributed by atoms with E-state index in [9.17, 15) is 9.59 Å². The summed E-state index contributed by atoms with van der Waals surface area (Å²) in [6, 6.07) is 7.20. The summed E-state index contributed by atoms with van der Waals surface area (Å²) in [5.41, 5.74) is 8.03. The number of carbonyl (C=O) groups excluding carboxylic acids is 1. The standard InChI is InChI=1S/C14H13N3O2S/c1-8-5-11-12(7-10(8)15)17(14(19)16-11)13(18)6-9-3-2-4-20-9/h2-5,7H,6,15H2,1H3,(H,16,19). The fraction of sp³-hybridized carbons (Fsp3) is 0.143. The number of nitrogen functional groups attached to an aromatic ring is 1. The molecule has 0 spiro atoms. The monoisotopic (exact) mass is 287 g/mol. The molecule has 3 aromatic rings. The van der Waals surface area contributed by atoms with E-state index in [1.165, 1.54) is 11.3 Å². The quantitative estimate of drug-likeness (QED) is 0.709. The van der Waals surface area contributed by atoms with E-state index in [-0.39, 0.29) is 12.3 Å². The third-order valence-electron chi connectivity index (χ3n) is 3.22. The summed E-state index contributed by atoms with van der Waals surface area (Å²) in [5.74, 6) is -0.257. The Labute approximate surface area is 118 Å². The van der Waals surface area contributed by atoms with Crippen LogP contribution in [-0.2, 0) is 6.42 Å². The Kier molecular flexibility index (Phi) is 2.94. The average molecular weight is 287 g/mol. The number of aryl methyl sites for hydroxylation is 1. The molecular formula is C14H13N3O2S. The molecule has 0 amide bonds. The van der Waals surface area contributed by atoms with Gasteiger partial charge in [0.1, 0.15) is 0 Å². The molecule has 20 heavy (non-hydrogen) atoms. The lowest BCUT2D eigenvalue weighted by atomic mass is 10.2. The van der Waals surface area contributed by atoms with Gasteiger partial charge in [-0.25, -0.2) is 9.36 Å². The Morgan fingerprint density at radius 2 is 2.25 bits per heavy atom. The summed E-state index contributed by atoms with van der Waals surface area (Å²) in [5, 5.41) is 1.90. The molecule has 3 N–H and O–H groups in total. The molecule has 5 nitrogen and oxygen atoms in total. The molecular weight excluding hydrogens is 274 g/mol. The summed E-state index contributed by atoms with van der Waals surface area (Å²) >= 11 is 1.49. The van der Waals surface area contributed by atoms with Gasteiger partial charge in [0.05, 0.1) is 17.5 Å². The molecule has 0 fully saturated rings. The van der Waals surface area contributed by atoms with Gasteiger partial charge in [-0.2, -0.15) is 0 Å². The molecule has 2 heterocycles. The first kappa shape index (κ1) is 12.7. The Balaban J connectivity index is 2.11. The van der Waals surface area contributed by atoms with E-state index in [0.29, 0.717) is 16.7 Å². The highest BCUT2D eigenvalue weighted by Gasteiger charge is 2.15. The minimum Gasteiger partial charge on any atom is -0.398 e. The zero-order chi connectivity index (χ0) is 14.3. The average Bonchev–Trinajstić information content (AvgIpc) is 2.97. The smallest absolute Gasteiger partial charge is 0.333 e. The third-order valence-corrected chi connectivity index (χ3v) is 4.10. The van der Waals surface area contributed by atoms with E-state index in [2.05, 4.69) is 4.98 Å². The molecule has 6 heteroatoms. The number of anilines is 1. The summed E-state index contributed by atoms with van der Waals surface area (Å²) in [6.45, 7) is 1.86. The van der Waals surface area contributed by atoms with Crippen LogP contribution >= 0.6 is 11.3 Å². The predicted octanol–water partition coefficient (Wildman–Crippen LogP) is 2.16. The number of benzene rings is 1. The van der Waals surface area contributed by atoms with Crippen LogP contribution in [-0.4, -0.2) is 15.5 Å². The molecule has 1 aromatic carbocycles. The fourth-order valence-corrected chi connectivity index (χ4v) is 2.86. The van der Waals surface area contributed by atoms with E-state index in [1.807, 2.05) is 24.4 Å². The number of nitrogens with two attached hydrogens (primary N) is 1. The van der Waals surface area contributed by atoms with Gasteiger partial charge >= 0.3 is 5.69 Å². The first-order chi connectivity index (χ1) is 9.56. The highest BCUT2D eigenvalue weighted by Crippen LogP contribution is 2.19. The van der Waals surface area contributed by atoms with E-state index in [0.717, 1.165) is 15.0 Å². The van der Waals surface area contributed by atoms with Crippen molar-refractivity contribution < 1.29 is 4.79 Å². The molecule has 0 saturated carbocycles. The van der Waals surface area contributed by atoms with Gasteiger partial charge in [-0.3, -0.25) is 4.79 Å². The van der Waals surface area contributed by atoms with Crippen LogP contribution < -0.4 is 11.4 Å². The van der Waals surface area contributed by atoms with Crippen molar-refractivity contribution in [3.05, 3.63) is 50.6 Å². The lowest BCUT2D eigenvalue weighted by Gasteiger charge is -2.03. The van der Waals surface area contributed by atoms with Crippen LogP contribution in [0.15, 0.2) is 34.4 Å². The fourth-order valence-electron chi connectivity index (χ4n) is 2.17. The SMILES string of the molecule is Cc1cc2[nH]c(=O)n(C(=O)Cc3cccs3)c2cc1N.